The molecule has 2 N–H and O–H groups in total. The third-order valence-corrected chi connectivity index (χ3v) is 3.65. The third kappa shape index (κ3) is 4.22. The Morgan fingerprint density at radius 2 is 2.32 bits per heavy atom. The Morgan fingerprint density at radius 1 is 1.47 bits per heavy atom. The predicted molar refractivity (Wildman–Crippen MR) is 73.9 cm³/mol. The van der Waals surface area contributed by atoms with Gasteiger partial charge in [-0.1, -0.05) is 6.07 Å². The van der Waals surface area contributed by atoms with E-state index in [-0.39, 0.29) is 11.9 Å². The van der Waals surface area contributed by atoms with Gasteiger partial charge in [-0.2, -0.15) is 0 Å². The zero-order valence-corrected chi connectivity index (χ0v) is 11.5. The molecule has 2 rings (SSSR count). The number of hydrogen-bond donors (Lipinski definition) is 2. The second-order valence-electron chi connectivity index (χ2n) is 4.49. The van der Waals surface area contributed by atoms with E-state index in [1.807, 2.05) is 24.4 Å². The second-order valence-corrected chi connectivity index (χ2v) is 5.52. The smallest absolute Gasteiger partial charge is 0.225 e. The molecule has 0 aliphatic rings. The summed E-state index contributed by atoms with van der Waals surface area (Å²) in [5.74, 6) is 0.501. The van der Waals surface area contributed by atoms with E-state index in [0.717, 1.165) is 4.88 Å². The zero-order valence-electron chi connectivity index (χ0n) is 10.7. The van der Waals surface area contributed by atoms with Crippen molar-refractivity contribution in [3.05, 3.63) is 46.5 Å². The first-order valence-electron chi connectivity index (χ1n) is 6.18. The maximum atomic E-state index is 11.8. The van der Waals surface area contributed by atoms with Crippen LogP contribution in [0.4, 0.5) is 0 Å². The third-order valence-electron chi connectivity index (χ3n) is 2.77. The van der Waals surface area contributed by atoms with E-state index in [0.29, 0.717) is 18.6 Å². The number of carbonyl (C=O) groups is 1. The highest BCUT2D eigenvalue weighted by molar-refractivity contribution is 7.10. The molecular weight excluding hydrogens is 262 g/mol. The Hall–Kier alpha value is -1.59. The minimum atomic E-state index is -0.688. The standard InChI is InChI=1S/C14H17NO3S/c1-10(8-12(16)13-5-2-6-18-13)15-14(17)9-11-4-3-7-19-11/h2-7,10,12,16H,8-9H2,1H3,(H,15,17). The van der Waals surface area contributed by atoms with Gasteiger partial charge in [0.2, 0.25) is 5.91 Å². The van der Waals surface area contributed by atoms with Crippen molar-refractivity contribution < 1.29 is 14.3 Å². The van der Waals surface area contributed by atoms with Gasteiger partial charge in [-0.05, 0) is 30.5 Å². The highest BCUT2D eigenvalue weighted by Crippen LogP contribution is 2.18. The second kappa shape index (κ2) is 6.54. The monoisotopic (exact) mass is 279 g/mol. The molecule has 1 amide bonds. The highest BCUT2D eigenvalue weighted by atomic mass is 32.1. The molecule has 0 saturated carbocycles. The molecule has 0 saturated heterocycles. The summed E-state index contributed by atoms with van der Waals surface area (Å²) in [5, 5.41) is 14.7. The quantitative estimate of drug-likeness (QED) is 0.854. The lowest BCUT2D eigenvalue weighted by atomic mass is 10.1. The van der Waals surface area contributed by atoms with Crippen molar-refractivity contribution >= 4 is 17.2 Å². The van der Waals surface area contributed by atoms with E-state index < -0.39 is 6.10 Å². The molecule has 0 radical (unpaired) electrons. The fourth-order valence-electron chi connectivity index (χ4n) is 1.89. The van der Waals surface area contributed by atoms with Gasteiger partial charge in [0.05, 0.1) is 12.7 Å². The number of aliphatic hydroxyl groups excluding tert-OH is 1. The predicted octanol–water partition coefficient (Wildman–Crippen LogP) is 2.51. The average Bonchev–Trinajstić information content (AvgIpc) is 3.00. The first kappa shape index (κ1) is 13.8. The maximum absolute atomic E-state index is 11.8. The number of thiophene rings is 1. The lowest BCUT2D eigenvalue weighted by Gasteiger charge is -2.16. The summed E-state index contributed by atoms with van der Waals surface area (Å²) in [6, 6.07) is 7.22. The van der Waals surface area contributed by atoms with Crippen molar-refractivity contribution in [3.63, 3.8) is 0 Å². The Labute approximate surface area is 116 Å². The van der Waals surface area contributed by atoms with E-state index >= 15 is 0 Å². The van der Waals surface area contributed by atoms with E-state index in [4.69, 9.17) is 4.42 Å². The number of amides is 1. The van der Waals surface area contributed by atoms with Gasteiger partial charge < -0.3 is 14.8 Å². The van der Waals surface area contributed by atoms with Gasteiger partial charge in [0.15, 0.2) is 0 Å². The Kier molecular flexibility index (Phi) is 4.76. The number of carbonyl (C=O) groups excluding carboxylic acids is 1. The fraction of sp³-hybridized carbons (Fsp3) is 0.357. The van der Waals surface area contributed by atoms with Crippen molar-refractivity contribution in [1.82, 2.24) is 5.32 Å². The fourth-order valence-corrected chi connectivity index (χ4v) is 2.59. The minimum Gasteiger partial charge on any atom is -0.467 e. The normalized spacial score (nSPS) is 14.0. The van der Waals surface area contributed by atoms with Crippen molar-refractivity contribution in [2.75, 3.05) is 0 Å². The van der Waals surface area contributed by atoms with Crippen LogP contribution in [0.1, 0.15) is 30.1 Å². The van der Waals surface area contributed by atoms with E-state index in [2.05, 4.69) is 5.32 Å². The molecule has 0 fully saturated rings. The maximum Gasteiger partial charge on any atom is 0.225 e. The Morgan fingerprint density at radius 3 is 2.95 bits per heavy atom. The summed E-state index contributed by atoms with van der Waals surface area (Å²) in [4.78, 5) is 12.8. The van der Waals surface area contributed by atoms with Gasteiger partial charge in [0, 0.05) is 17.3 Å². The highest BCUT2D eigenvalue weighted by Gasteiger charge is 2.16. The van der Waals surface area contributed by atoms with Gasteiger partial charge in [0.1, 0.15) is 11.9 Å². The molecule has 0 spiro atoms. The van der Waals surface area contributed by atoms with Crippen LogP contribution in [0, 0.1) is 0 Å². The molecular formula is C14H17NO3S. The lowest BCUT2D eigenvalue weighted by Crippen LogP contribution is -2.34. The van der Waals surface area contributed by atoms with Crippen molar-refractivity contribution in [3.8, 4) is 0 Å². The molecule has 5 heteroatoms. The molecule has 0 aromatic carbocycles. The van der Waals surface area contributed by atoms with Crippen LogP contribution in [-0.2, 0) is 11.2 Å². The molecule has 2 aromatic rings. The van der Waals surface area contributed by atoms with Crippen LogP contribution in [0.15, 0.2) is 40.3 Å². The molecule has 4 nitrogen and oxygen atoms in total. The Bertz CT molecular complexity index is 493. The lowest BCUT2D eigenvalue weighted by molar-refractivity contribution is -0.121. The van der Waals surface area contributed by atoms with Gasteiger partial charge >= 0.3 is 0 Å². The topological polar surface area (TPSA) is 62.5 Å². The molecule has 2 atom stereocenters. The number of nitrogens with one attached hydrogen (secondary N) is 1. The number of rotatable bonds is 6. The van der Waals surface area contributed by atoms with Crippen molar-refractivity contribution in [1.29, 1.82) is 0 Å². The zero-order chi connectivity index (χ0) is 13.7. The van der Waals surface area contributed by atoms with E-state index in [1.165, 1.54) is 6.26 Å². The van der Waals surface area contributed by atoms with Crippen LogP contribution in [0.25, 0.3) is 0 Å². The van der Waals surface area contributed by atoms with Gasteiger partial charge in [-0.3, -0.25) is 4.79 Å². The molecule has 0 bridgehead atoms. The summed E-state index contributed by atoms with van der Waals surface area (Å²) < 4.78 is 5.13. The van der Waals surface area contributed by atoms with Crippen molar-refractivity contribution in [2.24, 2.45) is 0 Å². The molecule has 0 aliphatic carbocycles. The van der Waals surface area contributed by atoms with Crippen molar-refractivity contribution in [2.45, 2.75) is 31.9 Å². The molecule has 102 valence electrons. The van der Waals surface area contributed by atoms with Gasteiger partial charge in [-0.15, -0.1) is 11.3 Å². The summed E-state index contributed by atoms with van der Waals surface area (Å²) in [7, 11) is 0. The number of aliphatic hydroxyl groups is 1. The van der Waals surface area contributed by atoms with Crippen LogP contribution in [0.5, 0.6) is 0 Å². The average molecular weight is 279 g/mol. The Balaban J connectivity index is 1.77. The van der Waals surface area contributed by atoms with Crippen LogP contribution in [0.3, 0.4) is 0 Å². The summed E-state index contributed by atoms with van der Waals surface area (Å²) in [6.07, 6.45) is 1.66. The first-order chi connectivity index (χ1) is 9.15. The summed E-state index contributed by atoms with van der Waals surface area (Å²) in [5.41, 5.74) is 0. The SMILES string of the molecule is CC(CC(O)c1ccco1)NC(=O)Cc1cccs1. The molecule has 2 aromatic heterocycles. The number of hydrogen-bond acceptors (Lipinski definition) is 4. The van der Waals surface area contributed by atoms with E-state index in [9.17, 15) is 9.90 Å². The summed E-state index contributed by atoms with van der Waals surface area (Å²) >= 11 is 1.57. The minimum absolute atomic E-state index is 0.0263. The van der Waals surface area contributed by atoms with E-state index in [1.54, 1.807) is 23.5 Å². The number of furan rings is 1. The van der Waals surface area contributed by atoms with Gasteiger partial charge in [0.25, 0.3) is 0 Å². The van der Waals surface area contributed by atoms with Crippen LogP contribution >= 0.6 is 11.3 Å². The summed E-state index contributed by atoms with van der Waals surface area (Å²) in [6.45, 7) is 1.87. The van der Waals surface area contributed by atoms with Crippen LogP contribution in [0.2, 0.25) is 0 Å². The van der Waals surface area contributed by atoms with Crippen LogP contribution < -0.4 is 5.32 Å². The largest absolute Gasteiger partial charge is 0.467 e. The van der Waals surface area contributed by atoms with Crippen LogP contribution in [-0.4, -0.2) is 17.1 Å². The molecule has 0 aliphatic heterocycles. The van der Waals surface area contributed by atoms with Gasteiger partial charge in [-0.25, -0.2) is 0 Å². The molecule has 2 heterocycles. The molecule has 19 heavy (non-hydrogen) atoms. The molecule has 2 unspecified atom stereocenters. The first-order valence-corrected chi connectivity index (χ1v) is 7.06.